The lowest BCUT2D eigenvalue weighted by Gasteiger charge is -2.09. The third-order valence-electron chi connectivity index (χ3n) is 2.62. The van der Waals surface area contributed by atoms with Gasteiger partial charge in [-0.05, 0) is 19.1 Å². The largest absolute Gasteiger partial charge is 0.495 e. The Morgan fingerprint density at radius 2 is 2.32 bits per heavy atom. The fraction of sp³-hybridized carbons (Fsp3) is 0.231. The molecule has 5 nitrogen and oxygen atoms in total. The van der Waals surface area contributed by atoms with Gasteiger partial charge in [0.05, 0.1) is 29.9 Å². The number of para-hydroxylation sites is 1. The minimum atomic E-state index is -0.220. The number of aryl methyl sites for hydroxylation is 1. The van der Waals surface area contributed by atoms with Gasteiger partial charge in [-0.1, -0.05) is 6.07 Å². The minimum Gasteiger partial charge on any atom is -0.495 e. The van der Waals surface area contributed by atoms with Crippen LogP contribution in [0.5, 0.6) is 5.75 Å². The van der Waals surface area contributed by atoms with Crippen molar-refractivity contribution in [1.82, 2.24) is 10.3 Å². The number of benzene rings is 1. The van der Waals surface area contributed by atoms with Gasteiger partial charge in [-0.3, -0.25) is 4.79 Å². The number of carbonyl (C=O) groups excluding carboxylic acids is 1. The second kappa shape index (κ2) is 5.71. The molecule has 19 heavy (non-hydrogen) atoms. The maximum atomic E-state index is 12.1. The van der Waals surface area contributed by atoms with E-state index < -0.39 is 0 Å². The number of ether oxygens (including phenoxy) is 1. The van der Waals surface area contributed by atoms with Crippen LogP contribution < -0.4 is 15.8 Å². The van der Waals surface area contributed by atoms with Crippen LogP contribution in [0.15, 0.2) is 24.4 Å². The number of anilines is 1. The summed E-state index contributed by atoms with van der Waals surface area (Å²) in [4.78, 5) is 17.2. The quantitative estimate of drug-likeness (QED) is 0.838. The molecule has 2 aromatic rings. The number of nitrogens with two attached hydrogens (primary N) is 1. The van der Waals surface area contributed by atoms with Gasteiger partial charge in [-0.15, -0.1) is 11.3 Å². The van der Waals surface area contributed by atoms with Gasteiger partial charge in [0.15, 0.2) is 0 Å². The lowest BCUT2D eigenvalue weighted by molar-refractivity contribution is 0.0952. The van der Waals surface area contributed by atoms with E-state index in [9.17, 15) is 4.79 Å². The fourth-order valence-electron chi connectivity index (χ4n) is 1.67. The molecular weight excluding hydrogens is 262 g/mol. The predicted molar refractivity (Wildman–Crippen MR) is 75.4 cm³/mol. The predicted octanol–water partition coefficient (Wildman–Crippen LogP) is 1.97. The van der Waals surface area contributed by atoms with E-state index in [1.54, 1.807) is 35.7 Å². The molecule has 0 unspecified atom stereocenters. The van der Waals surface area contributed by atoms with Gasteiger partial charge in [-0.2, -0.15) is 0 Å². The molecule has 100 valence electrons. The third kappa shape index (κ3) is 3.03. The standard InChI is InChI=1S/C13H15N3O2S/c1-8-15-6-9(19-8)7-16-13(17)10-4-3-5-11(18-2)12(10)14/h3-6H,7,14H2,1-2H3,(H,16,17). The first-order chi connectivity index (χ1) is 9.11. The average molecular weight is 277 g/mol. The minimum absolute atomic E-state index is 0.220. The van der Waals surface area contributed by atoms with Crippen molar-refractivity contribution < 1.29 is 9.53 Å². The zero-order chi connectivity index (χ0) is 13.8. The first kappa shape index (κ1) is 13.4. The van der Waals surface area contributed by atoms with Crippen LogP contribution in [-0.2, 0) is 6.54 Å². The molecule has 0 spiro atoms. The van der Waals surface area contributed by atoms with Crippen molar-refractivity contribution in [2.24, 2.45) is 0 Å². The Morgan fingerprint density at radius 1 is 1.53 bits per heavy atom. The molecule has 0 saturated carbocycles. The summed E-state index contributed by atoms with van der Waals surface area (Å²) in [6.45, 7) is 2.37. The molecule has 6 heteroatoms. The molecule has 2 rings (SSSR count). The summed E-state index contributed by atoms with van der Waals surface area (Å²) in [6.07, 6.45) is 1.76. The van der Waals surface area contributed by atoms with Crippen LogP contribution in [0.1, 0.15) is 20.2 Å². The molecule has 0 aliphatic rings. The van der Waals surface area contributed by atoms with Crippen LogP contribution in [-0.4, -0.2) is 18.0 Å². The molecule has 0 saturated heterocycles. The van der Waals surface area contributed by atoms with Crippen molar-refractivity contribution in [3.63, 3.8) is 0 Å². The number of nitrogen functional groups attached to an aromatic ring is 1. The smallest absolute Gasteiger partial charge is 0.253 e. The Kier molecular flexibility index (Phi) is 4.01. The van der Waals surface area contributed by atoms with Gasteiger partial charge >= 0.3 is 0 Å². The van der Waals surface area contributed by atoms with E-state index in [4.69, 9.17) is 10.5 Å². The average Bonchev–Trinajstić information content (AvgIpc) is 2.82. The van der Waals surface area contributed by atoms with E-state index in [0.29, 0.717) is 23.5 Å². The summed E-state index contributed by atoms with van der Waals surface area (Å²) in [7, 11) is 1.52. The topological polar surface area (TPSA) is 77.2 Å². The van der Waals surface area contributed by atoms with Crippen molar-refractivity contribution in [2.75, 3.05) is 12.8 Å². The van der Waals surface area contributed by atoms with E-state index in [1.807, 2.05) is 6.92 Å². The summed E-state index contributed by atoms with van der Waals surface area (Å²) < 4.78 is 5.09. The first-order valence-corrected chi connectivity index (χ1v) is 6.55. The van der Waals surface area contributed by atoms with Gasteiger partial charge in [0, 0.05) is 11.1 Å². The van der Waals surface area contributed by atoms with Crippen molar-refractivity contribution in [3.05, 3.63) is 39.8 Å². The number of rotatable bonds is 4. The molecule has 0 aliphatic carbocycles. The van der Waals surface area contributed by atoms with Crippen LogP contribution in [0.25, 0.3) is 0 Å². The van der Waals surface area contributed by atoms with E-state index >= 15 is 0 Å². The van der Waals surface area contributed by atoms with Gasteiger partial charge < -0.3 is 15.8 Å². The van der Waals surface area contributed by atoms with E-state index in [-0.39, 0.29) is 5.91 Å². The molecule has 1 aromatic heterocycles. The third-order valence-corrected chi connectivity index (χ3v) is 3.54. The number of hydrogen-bond donors (Lipinski definition) is 2. The lowest BCUT2D eigenvalue weighted by atomic mass is 10.1. The van der Waals surface area contributed by atoms with E-state index in [2.05, 4.69) is 10.3 Å². The Balaban J connectivity index is 2.08. The summed E-state index contributed by atoms with van der Waals surface area (Å²) in [6, 6.07) is 5.13. The monoisotopic (exact) mass is 277 g/mol. The highest BCUT2D eigenvalue weighted by atomic mass is 32.1. The Labute approximate surface area is 115 Å². The Hall–Kier alpha value is -2.08. The van der Waals surface area contributed by atoms with Crippen LogP contribution in [0.4, 0.5) is 5.69 Å². The van der Waals surface area contributed by atoms with Crippen LogP contribution in [0.3, 0.4) is 0 Å². The van der Waals surface area contributed by atoms with Crippen molar-refractivity contribution in [3.8, 4) is 5.75 Å². The van der Waals surface area contributed by atoms with Crippen molar-refractivity contribution in [2.45, 2.75) is 13.5 Å². The second-order valence-corrected chi connectivity index (χ2v) is 5.27. The number of amides is 1. The molecule has 1 aromatic carbocycles. The molecule has 1 heterocycles. The lowest BCUT2D eigenvalue weighted by Crippen LogP contribution is -2.23. The highest BCUT2D eigenvalue weighted by Gasteiger charge is 2.12. The SMILES string of the molecule is COc1cccc(C(=O)NCc2cnc(C)s2)c1N. The van der Waals surface area contributed by atoms with Gasteiger partial charge in [0.1, 0.15) is 5.75 Å². The first-order valence-electron chi connectivity index (χ1n) is 5.74. The summed E-state index contributed by atoms with van der Waals surface area (Å²) >= 11 is 1.55. The van der Waals surface area contributed by atoms with E-state index in [0.717, 1.165) is 9.88 Å². The normalized spacial score (nSPS) is 10.2. The van der Waals surface area contributed by atoms with Crippen LogP contribution in [0, 0.1) is 6.92 Å². The van der Waals surface area contributed by atoms with Crippen molar-refractivity contribution in [1.29, 1.82) is 0 Å². The number of methoxy groups -OCH3 is 1. The molecule has 0 atom stereocenters. The maximum absolute atomic E-state index is 12.1. The molecule has 0 bridgehead atoms. The maximum Gasteiger partial charge on any atom is 0.253 e. The highest BCUT2D eigenvalue weighted by molar-refractivity contribution is 7.11. The molecule has 3 N–H and O–H groups in total. The zero-order valence-electron chi connectivity index (χ0n) is 10.8. The Morgan fingerprint density at radius 3 is 2.95 bits per heavy atom. The molecule has 0 aliphatic heterocycles. The summed E-state index contributed by atoms with van der Waals surface area (Å²) in [5, 5.41) is 3.79. The second-order valence-electron chi connectivity index (χ2n) is 3.95. The van der Waals surface area contributed by atoms with Crippen LogP contribution >= 0.6 is 11.3 Å². The number of carbonyl (C=O) groups is 1. The van der Waals surface area contributed by atoms with E-state index in [1.165, 1.54) is 7.11 Å². The number of hydrogen-bond acceptors (Lipinski definition) is 5. The molecular formula is C13H15N3O2S. The number of thiazole rings is 1. The van der Waals surface area contributed by atoms with Crippen LogP contribution in [0.2, 0.25) is 0 Å². The van der Waals surface area contributed by atoms with Gasteiger partial charge in [-0.25, -0.2) is 4.98 Å². The summed E-state index contributed by atoms with van der Waals surface area (Å²) in [5.74, 6) is 0.281. The summed E-state index contributed by atoms with van der Waals surface area (Å²) in [5.41, 5.74) is 6.64. The fourth-order valence-corrected chi connectivity index (χ4v) is 2.40. The van der Waals surface area contributed by atoms with Gasteiger partial charge in [0.2, 0.25) is 0 Å². The Bertz CT molecular complexity index is 595. The number of nitrogens with one attached hydrogen (secondary N) is 1. The van der Waals surface area contributed by atoms with Gasteiger partial charge in [0.25, 0.3) is 5.91 Å². The molecule has 0 fully saturated rings. The number of aromatic nitrogens is 1. The van der Waals surface area contributed by atoms with Crippen molar-refractivity contribution >= 4 is 22.9 Å². The molecule has 0 radical (unpaired) electrons. The zero-order valence-corrected chi connectivity index (χ0v) is 11.6. The molecule has 1 amide bonds. The number of nitrogens with zero attached hydrogens (tertiary/aromatic N) is 1. The highest BCUT2D eigenvalue weighted by Crippen LogP contribution is 2.24.